The second-order valence-corrected chi connectivity index (χ2v) is 15.1. The molecule has 2 unspecified atom stereocenters. The summed E-state index contributed by atoms with van der Waals surface area (Å²) in [6, 6.07) is 0. The van der Waals surface area contributed by atoms with Crippen molar-refractivity contribution in [3.63, 3.8) is 0 Å². The highest BCUT2D eigenvalue weighted by molar-refractivity contribution is 6.54. The van der Waals surface area contributed by atoms with Crippen molar-refractivity contribution in [3.05, 3.63) is 12.3 Å². The van der Waals surface area contributed by atoms with Crippen molar-refractivity contribution < 1.29 is 18.7 Å². The molecule has 0 aromatic carbocycles. The average molecular weight is 347 g/mol. The van der Waals surface area contributed by atoms with Crippen LogP contribution in [0.2, 0.25) is 23.2 Å². The molecule has 0 bridgehead atoms. The van der Waals surface area contributed by atoms with E-state index in [-0.39, 0.29) is 22.3 Å². The molecule has 0 aromatic rings. The van der Waals surface area contributed by atoms with Crippen molar-refractivity contribution in [2.45, 2.75) is 83.0 Å². The van der Waals surface area contributed by atoms with Crippen LogP contribution in [0.3, 0.4) is 0 Å². The van der Waals surface area contributed by atoms with Crippen LogP contribution in [0.1, 0.15) is 41.5 Å². The lowest BCUT2D eigenvalue weighted by Crippen LogP contribution is -2.47. The first-order valence-corrected chi connectivity index (χ1v) is 12.6. The van der Waals surface area contributed by atoms with Crippen LogP contribution >= 0.6 is 0 Å². The van der Waals surface area contributed by atoms with Gasteiger partial charge in [-0.05, 0) is 29.2 Å². The Hall–Kier alpha value is -0.146. The van der Waals surface area contributed by atoms with Gasteiger partial charge in [0.2, 0.25) is 0 Å². The zero-order valence-corrected chi connectivity index (χ0v) is 17.7. The molecular weight excluding hydrogens is 312 g/mol. The molecule has 0 spiro atoms. The summed E-state index contributed by atoms with van der Waals surface area (Å²) in [5, 5.41) is 10.9. The van der Waals surface area contributed by atoms with E-state index in [0.29, 0.717) is 6.61 Å². The topological polar surface area (TPSA) is 47.9 Å². The Bertz CT molecular complexity index is 373. The third-order valence-electron chi connectivity index (χ3n) is 4.55. The van der Waals surface area contributed by atoms with Gasteiger partial charge in [-0.2, -0.15) is 0 Å². The molecule has 0 radical (unpaired) electrons. The normalized spacial score (nSPS) is 29.0. The van der Waals surface area contributed by atoms with Gasteiger partial charge in [0.15, 0.2) is 18.1 Å². The summed E-state index contributed by atoms with van der Waals surface area (Å²) in [5.41, 5.74) is 0. The number of ether oxygens (including phenoxy) is 1. The van der Waals surface area contributed by atoms with E-state index in [4.69, 9.17) is 13.6 Å². The zero-order chi connectivity index (χ0) is 17.1. The minimum absolute atomic E-state index is 0.172. The van der Waals surface area contributed by atoms with E-state index < -0.39 is 24.2 Å². The summed E-state index contributed by atoms with van der Waals surface area (Å²) < 4.78 is 17.7. The molecule has 130 valence electrons. The van der Waals surface area contributed by atoms with Crippen LogP contribution in [0.25, 0.3) is 0 Å². The van der Waals surface area contributed by atoms with Crippen molar-refractivity contribution in [2.75, 3.05) is 6.61 Å². The van der Waals surface area contributed by atoms with Crippen LogP contribution in [0, 0.1) is 0 Å². The van der Waals surface area contributed by atoms with E-state index in [1.54, 1.807) is 6.26 Å². The number of hydrogen-bond acceptors (Lipinski definition) is 4. The minimum atomic E-state index is -1.40. The zero-order valence-electron chi connectivity index (χ0n) is 15.4. The maximum atomic E-state index is 10.5. The molecule has 4 nitrogen and oxygen atoms in total. The highest BCUT2D eigenvalue weighted by Gasteiger charge is 2.35. The first-order chi connectivity index (χ1) is 9.93. The molecule has 6 heteroatoms. The predicted molar refractivity (Wildman–Crippen MR) is 96.3 cm³/mol. The lowest BCUT2D eigenvalue weighted by Gasteiger charge is -2.36. The average Bonchev–Trinajstić information content (AvgIpc) is 2.37. The van der Waals surface area contributed by atoms with E-state index >= 15 is 0 Å². The molecule has 0 aliphatic carbocycles. The third-order valence-corrected chi connectivity index (χ3v) is 10.8. The molecule has 1 N–H and O–H groups in total. The Morgan fingerprint density at radius 1 is 1.05 bits per heavy atom. The molecule has 5 atom stereocenters. The predicted octanol–water partition coefficient (Wildman–Crippen LogP) is 2.97. The van der Waals surface area contributed by atoms with Crippen molar-refractivity contribution in [1.29, 1.82) is 0 Å². The molecular formula is C16H34O4Si2. The molecule has 1 rings (SSSR count). The summed E-state index contributed by atoms with van der Waals surface area (Å²) >= 11 is 0. The van der Waals surface area contributed by atoms with E-state index in [1.807, 2.05) is 6.08 Å². The number of aliphatic hydroxyl groups is 1. The summed E-state index contributed by atoms with van der Waals surface area (Å²) in [6.07, 6.45) is 2.19. The minimum Gasteiger partial charge on any atom is -0.493 e. The molecule has 1 aliphatic rings. The van der Waals surface area contributed by atoms with Crippen LogP contribution in [0.15, 0.2) is 12.3 Å². The van der Waals surface area contributed by atoms with Crippen LogP contribution < -0.4 is 0 Å². The first-order valence-electron chi connectivity index (χ1n) is 8.20. The van der Waals surface area contributed by atoms with Gasteiger partial charge in [-0.15, -0.1) is 0 Å². The fraction of sp³-hybridized carbons (Fsp3) is 0.875. The Labute approximate surface area is 139 Å². The van der Waals surface area contributed by atoms with Gasteiger partial charge in [-0.3, -0.25) is 0 Å². The van der Waals surface area contributed by atoms with Crippen molar-refractivity contribution >= 4 is 18.1 Å². The fourth-order valence-corrected chi connectivity index (χ4v) is 3.93. The number of hydrogen-bond donors (Lipinski definition) is 1. The molecule has 0 fully saturated rings. The van der Waals surface area contributed by atoms with Crippen molar-refractivity contribution in [2.24, 2.45) is 0 Å². The molecule has 1 aliphatic heterocycles. The highest BCUT2D eigenvalue weighted by atomic mass is 28.3. The smallest absolute Gasteiger partial charge is 0.180 e. The second kappa shape index (κ2) is 7.62. The van der Waals surface area contributed by atoms with Gasteiger partial charge < -0.3 is 18.7 Å². The Kier molecular flexibility index (Phi) is 6.89. The largest absolute Gasteiger partial charge is 0.493 e. The first kappa shape index (κ1) is 19.9. The van der Waals surface area contributed by atoms with Gasteiger partial charge in [-0.1, -0.05) is 41.5 Å². The molecule has 0 aromatic heterocycles. The third kappa shape index (κ3) is 5.81. The van der Waals surface area contributed by atoms with Gasteiger partial charge in [0, 0.05) is 0 Å². The van der Waals surface area contributed by atoms with Gasteiger partial charge in [0.1, 0.15) is 12.2 Å². The Morgan fingerprint density at radius 2 is 1.59 bits per heavy atom. The Morgan fingerprint density at radius 3 is 2.09 bits per heavy atom. The van der Waals surface area contributed by atoms with Crippen LogP contribution in [0.5, 0.6) is 0 Å². The van der Waals surface area contributed by atoms with Crippen LogP contribution in [0.4, 0.5) is 0 Å². The summed E-state index contributed by atoms with van der Waals surface area (Å²) in [6.45, 7) is 18.0. The summed E-state index contributed by atoms with van der Waals surface area (Å²) in [4.78, 5) is 0. The lowest BCUT2D eigenvalue weighted by molar-refractivity contribution is -0.0725. The highest BCUT2D eigenvalue weighted by Crippen LogP contribution is 2.30. The van der Waals surface area contributed by atoms with Gasteiger partial charge >= 0.3 is 0 Å². The summed E-state index contributed by atoms with van der Waals surface area (Å²) in [5.74, 6) is 0. The fourth-order valence-electron chi connectivity index (χ4n) is 1.82. The molecule has 0 amide bonds. The maximum absolute atomic E-state index is 10.5. The lowest BCUT2D eigenvalue weighted by atomic mass is 10.1. The van der Waals surface area contributed by atoms with E-state index in [1.165, 1.54) is 0 Å². The number of aliphatic hydroxyl groups excluding tert-OH is 1. The van der Waals surface area contributed by atoms with Crippen molar-refractivity contribution in [1.82, 2.24) is 0 Å². The quantitative estimate of drug-likeness (QED) is 0.778. The Balaban J connectivity index is 2.57. The number of rotatable bonds is 5. The molecule has 1 heterocycles. The molecule has 0 saturated heterocycles. The van der Waals surface area contributed by atoms with Gasteiger partial charge in [-0.25, -0.2) is 0 Å². The van der Waals surface area contributed by atoms with E-state index in [9.17, 15) is 5.11 Å². The maximum Gasteiger partial charge on any atom is 0.180 e. The van der Waals surface area contributed by atoms with Gasteiger partial charge in [0.25, 0.3) is 0 Å². The SMILES string of the molecule is C[SiH](OC[C@H]1OC=C[C@@H](O[SiH](C)C(C)(C)C)[C@H]1O)C(C)(C)C. The van der Waals surface area contributed by atoms with E-state index in [0.717, 1.165) is 0 Å². The van der Waals surface area contributed by atoms with Crippen LogP contribution in [-0.2, 0) is 13.6 Å². The van der Waals surface area contributed by atoms with E-state index in [2.05, 4.69) is 54.6 Å². The van der Waals surface area contributed by atoms with Gasteiger partial charge in [0.05, 0.1) is 19.0 Å². The monoisotopic (exact) mass is 346 g/mol. The molecule has 22 heavy (non-hydrogen) atoms. The van der Waals surface area contributed by atoms with Crippen molar-refractivity contribution in [3.8, 4) is 0 Å². The van der Waals surface area contributed by atoms with Crippen LogP contribution in [-0.4, -0.2) is 48.1 Å². The molecule has 0 saturated carbocycles. The summed E-state index contributed by atoms with van der Waals surface area (Å²) in [7, 11) is -2.71. The second-order valence-electron chi connectivity index (χ2n) is 8.44. The standard InChI is InChI=1S/C16H34O4Si2/c1-15(2,3)21(7)19-11-13-14(17)12(9-10-18-13)20-22(8)16(4,5)6/h9-10,12-14,17,21-22H,11H2,1-8H3/t12-,13-,14-,21?,22?/m1/s1.